The van der Waals surface area contributed by atoms with Crippen molar-refractivity contribution >= 4 is 17.7 Å². The summed E-state index contributed by atoms with van der Waals surface area (Å²) in [4.78, 5) is 14.0. The first-order valence-corrected chi connectivity index (χ1v) is 7.05. The quantitative estimate of drug-likeness (QED) is 0.368. The fraction of sp³-hybridized carbons (Fsp3) is 0.500. The van der Waals surface area contributed by atoms with Gasteiger partial charge in [0.15, 0.2) is 6.21 Å². The second kappa shape index (κ2) is 5.65. The highest BCUT2D eigenvalue weighted by Gasteiger charge is 2.42. The van der Waals surface area contributed by atoms with E-state index in [9.17, 15) is 10.0 Å². The van der Waals surface area contributed by atoms with E-state index in [1.54, 1.807) is 6.92 Å². The third-order valence-corrected chi connectivity index (χ3v) is 4.08. The predicted molar refractivity (Wildman–Crippen MR) is 81.4 cm³/mol. The van der Waals surface area contributed by atoms with Crippen molar-refractivity contribution in [1.29, 1.82) is 0 Å². The summed E-state index contributed by atoms with van der Waals surface area (Å²) in [5.41, 5.74) is 1.02. The van der Waals surface area contributed by atoms with Gasteiger partial charge in [0.05, 0.1) is 0 Å². The Morgan fingerprint density at radius 2 is 1.90 bits per heavy atom. The first kappa shape index (κ1) is 14.6. The van der Waals surface area contributed by atoms with Gasteiger partial charge in [0, 0.05) is 45.1 Å². The Labute approximate surface area is 120 Å². The second-order valence-electron chi connectivity index (χ2n) is 5.84. The van der Waals surface area contributed by atoms with Crippen LogP contribution in [0, 0.1) is 5.21 Å². The topological polar surface area (TPSA) is 46.4 Å². The molecule has 20 heavy (non-hydrogen) atoms. The molecule has 0 spiro atoms. The molecule has 0 aromatic heterocycles. The Balaban J connectivity index is 2.23. The molecule has 1 unspecified atom stereocenters. The molecule has 0 aliphatic heterocycles. The molecule has 0 saturated heterocycles. The number of ketones is 1. The van der Waals surface area contributed by atoms with Crippen LogP contribution in [0.4, 0.5) is 5.69 Å². The summed E-state index contributed by atoms with van der Waals surface area (Å²) in [6.45, 7) is 1.76. The number of carbonyl (C=O) groups is 1. The van der Waals surface area contributed by atoms with Crippen LogP contribution in [0.25, 0.3) is 0 Å². The second-order valence-corrected chi connectivity index (χ2v) is 5.84. The van der Waals surface area contributed by atoms with Gasteiger partial charge in [-0.05, 0) is 37.1 Å². The lowest BCUT2D eigenvalue weighted by Crippen LogP contribution is -2.46. The molecule has 108 valence electrons. The van der Waals surface area contributed by atoms with Crippen LogP contribution < -0.4 is 4.90 Å². The summed E-state index contributed by atoms with van der Waals surface area (Å²) in [5, 5.41) is 12.3. The molecule has 0 radical (unpaired) electrons. The van der Waals surface area contributed by atoms with Crippen LogP contribution in [0.2, 0.25) is 0 Å². The average molecular weight is 274 g/mol. The SMILES string of the molecule is CN(C)c1ccc(C=[N+]([O-])C2(C)CCCCC2=O)cc1. The van der Waals surface area contributed by atoms with Gasteiger partial charge in [-0.25, -0.2) is 0 Å². The number of hydrogen-bond acceptors (Lipinski definition) is 3. The number of hydrogen-bond donors (Lipinski definition) is 0. The first-order valence-electron chi connectivity index (χ1n) is 7.05. The molecule has 0 amide bonds. The Bertz CT molecular complexity index is 520. The van der Waals surface area contributed by atoms with E-state index in [0.717, 1.165) is 28.8 Å². The number of Topliss-reactive ketones (excluding diaryl/α,β-unsaturated/α-hetero) is 1. The Kier molecular flexibility index (Phi) is 4.12. The third-order valence-electron chi connectivity index (χ3n) is 4.08. The normalized spacial score (nSPS) is 23.8. The summed E-state index contributed by atoms with van der Waals surface area (Å²) in [6, 6.07) is 7.73. The van der Waals surface area contributed by atoms with Crippen LogP contribution in [0.1, 0.15) is 38.2 Å². The van der Waals surface area contributed by atoms with Gasteiger partial charge < -0.3 is 10.1 Å². The molecular weight excluding hydrogens is 252 g/mol. The van der Waals surface area contributed by atoms with E-state index >= 15 is 0 Å². The van der Waals surface area contributed by atoms with E-state index in [4.69, 9.17) is 0 Å². The van der Waals surface area contributed by atoms with Crippen molar-refractivity contribution in [1.82, 2.24) is 0 Å². The fourth-order valence-electron chi connectivity index (χ4n) is 2.53. The van der Waals surface area contributed by atoms with Crippen LogP contribution in [-0.2, 0) is 4.79 Å². The van der Waals surface area contributed by atoms with Crippen LogP contribution in [0.5, 0.6) is 0 Å². The number of carbonyl (C=O) groups excluding carboxylic acids is 1. The molecule has 0 bridgehead atoms. The van der Waals surface area contributed by atoms with Gasteiger partial charge >= 0.3 is 0 Å². The molecule has 2 rings (SSSR count). The molecule has 1 aromatic carbocycles. The summed E-state index contributed by atoms with van der Waals surface area (Å²) in [6.07, 6.45) is 4.53. The zero-order chi connectivity index (χ0) is 14.8. The lowest BCUT2D eigenvalue weighted by molar-refractivity contribution is -0.525. The molecule has 1 aliphatic carbocycles. The minimum Gasteiger partial charge on any atom is -0.623 e. The standard InChI is InChI=1S/C16H22N2O2/c1-16(11-5-4-6-15(16)19)18(20)12-13-7-9-14(10-8-13)17(2)3/h7-10,12H,4-6,11H2,1-3H3. The van der Waals surface area contributed by atoms with Crippen LogP contribution in [0.15, 0.2) is 24.3 Å². The summed E-state index contributed by atoms with van der Waals surface area (Å²) in [5.74, 6) is 0.0555. The molecule has 4 heteroatoms. The summed E-state index contributed by atoms with van der Waals surface area (Å²) < 4.78 is 0.846. The van der Waals surface area contributed by atoms with Crippen molar-refractivity contribution in [2.45, 2.75) is 38.1 Å². The molecule has 1 aromatic rings. The van der Waals surface area contributed by atoms with Gasteiger partial charge in [0.25, 0.3) is 0 Å². The average Bonchev–Trinajstić information content (AvgIpc) is 2.42. The molecule has 1 aliphatic rings. The highest BCUT2D eigenvalue weighted by molar-refractivity contribution is 5.88. The van der Waals surface area contributed by atoms with E-state index in [2.05, 4.69) is 0 Å². The van der Waals surface area contributed by atoms with Crippen LogP contribution in [0.3, 0.4) is 0 Å². The zero-order valence-corrected chi connectivity index (χ0v) is 12.4. The minimum absolute atomic E-state index is 0.0555. The molecule has 1 atom stereocenters. The monoisotopic (exact) mass is 274 g/mol. The lowest BCUT2D eigenvalue weighted by Gasteiger charge is -2.30. The van der Waals surface area contributed by atoms with E-state index in [0.29, 0.717) is 12.8 Å². The van der Waals surface area contributed by atoms with Gasteiger partial charge in [0.2, 0.25) is 11.3 Å². The minimum atomic E-state index is -0.890. The number of anilines is 1. The highest BCUT2D eigenvalue weighted by atomic mass is 16.5. The van der Waals surface area contributed by atoms with E-state index < -0.39 is 5.54 Å². The third kappa shape index (κ3) is 2.84. The molecular formula is C16H22N2O2. The molecule has 0 N–H and O–H groups in total. The summed E-state index contributed by atoms with van der Waals surface area (Å²) >= 11 is 0. The molecule has 1 saturated carbocycles. The largest absolute Gasteiger partial charge is 0.623 e. The maximum absolute atomic E-state index is 12.3. The zero-order valence-electron chi connectivity index (χ0n) is 12.4. The maximum atomic E-state index is 12.3. The molecule has 0 heterocycles. The fourth-order valence-corrected chi connectivity index (χ4v) is 2.53. The lowest BCUT2D eigenvalue weighted by atomic mass is 9.82. The number of nitrogens with zero attached hydrogens (tertiary/aromatic N) is 2. The Hall–Kier alpha value is -1.84. The van der Waals surface area contributed by atoms with E-state index in [1.165, 1.54) is 6.21 Å². The first-order chi connectivity index (χ1) is 9.43. The van der Waals surface area contributed by atoms with Crippen LogP contribution in [-0.4, -0.2) is 36.4 Å². The van der Waals surface area contributed by atoms with Crippen LogP contribution >= 0.6 is 0 Å². The van der Waals surface area contributed by atoms with Gasteiger partial charge in [-0.2, -0.15) is 4.74 Å². The predicted octanol–water partition coefficient (Wildman–Crippen LogP) is 2.58. The van der Waals surface area contributed by atoms with Gasteiger partial charge in [0.1, 0.15) is 0 Å². The van der Waals surface area contributed by atoms with Gasteiger partial charge in [-0.3, -0.25) is 4.79 Å². The smallest absolute Gasteiger partial charge is 0.227 e. The maximum Gasteiger partial charge on any atom is 0.227 e. The van der Waals surface area contributed by atoms with Crippen molar-refractivity contribution in [3.63, 3.8) is 0 Å². The summed E-state index contributed by atoms with van der Waals surface area (Å²) in [7, 11) is 3.95. The van der Waals surface area contributed by atoms with Crippen molar-refractivity contribution < 1.29 is 9.53 Å². The number of hydroxylamine groups is 1. The van der Waals surface area contributed by atoms with Gasteiger partial charge in [-0.1, -0.05) is 0 Å². The number of benzene rings is 1. The van der Waals surface area contributed by atoms with E-state index in [-0.39, 0.29) is 5.78 Å². The highest BCUT2D eigenvalue weighted by Crippen LogP contribution is 2.27. The molecule has 1 fully saturated rings. The van der Waals surface area contributed by atoms with E-state index in [1.807, 2.05) is 43.3 Å². The van der Waals surface area contributed by atoms with Crippen molar-refractivity contribution in [3.05, 3.63) is 35.0 Å². The van der Waals surface area contributed by atoms with Gasteiger partial charge in [-0.15, -0.1) is 0 Å². The Morgan fingerprint density at radius 3 is 2.45 bits per heavy atom. The Morgan fingerprint density at radius 1 is 1.25 bits per heavy atom. The van der Waals surface area contributed by atoms with Crippen molar-refractivity contribution in [2.24, 2.45) is 0 Å². The van der Waals surface area contributed by atoms with Crippen molar-refractivity contribution in [3.8, 4) is 0 Å². The number of rotatable bonds is 3. The van der Waals surface area contributed by atoms with Crippen molar-refractivity contribution in [2.75, 3.05) is 19.0 Å². The molecule has 4 nitrogen and oxygen atoms in total.